The van der Waals surface area contributed by atoms with Gasteiger partial charge in [-0.15, -0.1) is 0 Å². The maximum atomic E-state index is 5.77. The molecular weight excluding hydrogens is 220 g/mol. The fraction of sp³-hybridized carbons (Fsp3) is 0.571. The Labute approximate surface area is 113 Å². The van der Waals surface area contributed by atoms with Gasteiger partial charge in [0.15, 0.2) is 0 Å². The maximum absolute atomic E-state index is 5.77. The lowest BCUT2D eigenvalue weighted by molar-refractivity contribution is 0.0651. The van der Waals surface area contributed by atoms with E-state index >= 15 is 0 Å². The zero-order chi connectivity index (χ0) is 13.3. The molecule has 0 N–H and O–H groups in total. The van der Waals surface area contributed by atoms with Crippen LogP contribution in [0.2, 0.25) is 0 Å². The van der Waals surface area contributed by atoms with Crippen LogP contribution in [0.25, 0.3) is 0 Å². The number of morpholine rings is 1. The predicted octanol–water partition coefficient (Wildman–Crippen LogP) is 0.739. The van der Waals surface area contributed by atoms with Crippen LogP contribution in [-0.4, -0.2) is 40.8 Å². The normalized spacial score (nSPS) is 25.2. The molecule has 1 saturated heterocycles. The monoisotopic (exact) mass is 243 g/mol. The molecule has 4 heteroatoms. The Hall–Kier alpha value is -0.890. The molecule has 0 aliphatic carbocycles. The van der Waals surface area contributed by atoms with Crippen LogP contribution in [0, 0.1) is 0 Å². The minimum Gasteiger partial charge on any atom is -0.389 e. The van der Waals surface area contributed by atoms with Crippen molar-refractivity contribution in [1.29, 1.82) is 0 Å². The molecule has 1 aliphatic heterocycles. The first-order valence-corrected chi connectivity index (χ1v) is 6.87. The maximum Gasteiger partial charge on any atom is 0.141 e. The number of hydrogen-bond donors (Lipinski definition) is 0. The molecule has 2 atom stereocenters. The molecule has 0 aromatic heterocycles. The number of nitrogens with zero attached hydrogens (tertiary/aromatic N) is 1. The first-order chi connectivity index (χ1) is 8.36. The van der Waals surface area contributed by atoms with Gasteiger partial charge in [0, 0.05) is 30.8 Å². The fourth-order valence-electron chi connectivity index (χ4n) is 2.56. The zero-order valence-corrected chi connectivity index (χ0v) is 12.2. The van der Waals surface area contributed by atoms with Crippen LogP contribution in [0.3, 0.4) is 0 Å². The molecule has 96 valence electrons. The summed E-state index contributed by atoms with van der Waals surface area (Å²) in [4.78, 5) is 2.42. The third-order valence-corrected chi connectivity index (χ3v) is 3.52. The Morgan fingerprint density at radius 2 is 1.56 bits per heavy atom. The second-order valence-electron chi connectivity index (χ2n) is 6.46. The van der Waals surface area contributed by atoms with E-state index in [-0.39, 0.29) is 5.41 Å². The third-order valence-electron chi connectivity index (χ3n) is 3.52. The van der Waals surface area contributed by atoms with Crippen molar-refractivity contribution in [3.63, 3.8) is 0 Å². The number of anilines is 1. The van der Waals surface area contributed by atoms with E-state index in [1.165, 1.54) is 11.3 Å². The summed E-state index contributed by atoms with van der Waals surface area (Å²) in [5.74, 6) is 0. The molecule has 1 aliphatic rings. The van der Waals surface area contributed by atoms with Crippen LogP contribution in [0.5, 0.6) is 0 Å². The van der Waals surface area contributed by atoms with E-state index in [1.54, 1.807) is 0 Å². The van der Waals surface area contributed by atoms with Gasteiger partial charge in [0.1, 0.15) is 15.7 Å². The molecular formula is C14H23B2NO. The number of rotatable bonds is 1. The molecule has 1 aromatic carbocycles. The Balaban J connectivity index is 2.14. The fourth-order valence-corrected chi connectivity index (χ4v) is 2.56. The van der Waals surface area contributed by atoms with Crippen LogP contribution in [0.15, 0.2) is 24.3 Å². The summed E-state index contributed by atoms with van der Waals surface area (Å²) in [5, 5.41) is 0. The summed E-state index contributed by atoms with van der Waals surface area (Å²) < 4.78 is 5.77. The van der Waals surface area contributed by atoms with Gasteiger partial charge in [0.05, 0.1) is 0 Å². The van der Waals surface area contributed by atoms with E-state index in [4.69, 9.17) is 4.74 Å². The molecule has 2 nitrogen and oxygen atoms in total. The molecule has 2 rings (SSSR count). The lowest BCUT2D eigenvalue weighted by Crippen LogP contribution is -2.48. The highest BCUT2D eigenvalue weighted by Crippen LogP contribution is 2.26. The first-order valence-electron chi connectivity index (χ1n) is 6.87. The summed E-state index contributed by atoms with van der Waals surface area (Å²) in [5.41, 5.74) is 2.93. The largest absolute Gasteiger partial charge is 0.389 e. The molecule has 18 heavy (non-hydrogen) atoms. The van der Waals surface area contributed by atoms with Crippen LogP contribution in [0.1, 0.15) is 26.3 Å². The second kappa shape index (κ2) is 5.00. The van der Waals surface area contributed by atoms with Gasteiger partial charge in [-0.25, -0.2) is 0 Å². The molecule has 2 unspecified atom stereocenters. The Morgan fingerprint density at radius 3 is 2.00 bits per heavy atom. The molecule has 1 heterocycles. The summed E-state index contributed by atoms with van der Waals surface area (Å²) in [7, 11) is 4.29. The van der Waals surface area contributed by atoms with Crippen LogP contribution in [-0.2, 0) is 10.2 Å². The molecule has 0 radical (unpaired) electrons. The van der Waals surface area contributed by atoms with Crippen molar-refractivity contribution < 1.29 is 4.74 Å². The minimum atomic E-state index is 0.226. The van der Waals surface area contributed by atoms with Gasteiger partial charge in [0.2, 0.25) is 0 Å². The summed E-state index contributed by atoms with van der Waals surface area (Å²) in [6, 6.07) is 9.61. The van der Waals surface area contributed by atoms with Crippen molar-refractivity contribution in [1.82, 2.24) is 0 Å². The van der Waals surface area contributed by atoms with Gasteiger partial charge in [0.25, 0.3) is 0 Å². The topological polar surface area (TPSA) is 12.5 Å². The summed E-state index contributed by atoms with van der Waals surface area (Å²) in [6.07, 6.45) is 0. The molecule has 0 bridgehead atoms. The third kappa shape index (κ3) is 3.11. The van der Waals surface area contributed by atoms with E-state index < -0.39 is 0 Å². The van der Waals surface area contributed by atoms with Crippen molar-refractivity contribution in [3.8, 4) is 0 Å². The average molecular weight is 243 g/mol. The lowest BCUT2D eigenvalue weighted by Gasteiger charge is -2.37. The second-order valence-corrected chi connectivity index (χ2v) is 6.46. The molecule has 1 fully saturated rings. The van der Waals surface area contributed by atoms with Gasteiger partial charge in [-0.3, -0.25) is 0 Å². The number of hydrogen-bond acceptors (Lipinski definition) is 2. The van der Waals surface area contributed by atoms with E-state index in [2.05, 4.69) is 65.6 Å². The average Bonchev–Trinajstić information content (AvgIpc) is 2.27. The highest BCUT2D eigenvalue weighted by atomic mass is 16.5. The minimum absolute atomic E-state index is 0.226. The van der Waals surface area contributed by atoms with Crippen LogP contribution >= 0.6 is 0 Å². The van der Waals surface area contributed by atoms with E-state index in [0.29, 0.717) is 12.0 Å². The van der Waals surface area contributed by atoms with Crippen molar-refractivity contribution in [2.45, 2.75) is 38.2 Å². The molecule has 0 spiro atoms. The van der Waals surface area contributed by atoms with E-state index in [1.807, 2.05) is 0 Å². The smallest absolute Gasteiger partial charge is 0.141 e. The van der Waals surface area contributed by atoms with Crippen molar-refractivity contribution in [3.05, 3.63) is 29.8 Å². The summed E-state index contributed by atoms with van der Waals surface area (Å²) >= 11 is 0. The Kier molecular flexibility index (Phi) is 3.76. The number of ether oxygens (including phenoxy) is 1. The highest BCUT2D eigenvalue weighted by Gasteiger charge is 2.22. The highest BCUT2D eigenvalue weighted by molar-refractivity contribution is 6.14. The van der Waals surface area contributed by atoms with Crippen LogP contribution < -0.4 is 4.90 Å². The Bertz CT molecular complexity index is 389. The van der Waals surface area contributed by atoms with Gasteiger partial charge in [-0.05, 0) is 23.1 Å². The van der Waals surface area contributed by atoms with Gasteiger partial charge < -0.3 is 9.64 Å². The van der Waals surface area contributed by atoms with Crippen LogP contribution in [0.4, 0.5) is 5.69 Å². The molecule has 1 aromatic rings. The quantitative estimate of drug-likeness (QED) is 0.674. The number of benzene rings is 1. The predicted molar refractivity (Wildman–Crippen MR) is 83.1 cm³/mol. The molecule has 0 saturated carbocycles. The van der Waals surface area contributed by atoms with Gasteiger partial charge in [-0.2, -0.15) is 0 Å². The van der Waals surface area contributed by atoms with Crippen molar-refractivity contribution in [2.24, 2.45) is 0 Å². The van der Waals surface area contributed by atoms with E-state index in [9.17, 15) is 0 Å². The van der Waals surface area contributed by atoms with Gasteiger partial charge >= 0.3 is 0 Å². The first kappa shape index (κ1) is 13.5. The summed E-state index contributed by atoms with van der Waals surface area (Å²) in [6.45, 7) is 8.72. The SMILES string of the molecule is BC1CN(c2ccc(C(C)(C)C)cc2)CC(B)O1. The van der Waals surface area contributed by atoms with Crippen molar-refractivity contribution in [2.75, 3.05) is 18.0 Å². The Morgan fingerprint density at radius 1 is 1.06 bits per heavy atom. The standard InChI is InChI=1S/C14H23B2NO/c1-14(2,3)10-4-6-11(7-5-10)17-8-12(15)18-13(16)9-17/h4-7,12-13H,8-9,15-16H2,1-3H3. The van der Waals surface area contributed by atoms with Crippen molar-refractivity contribution >= 4 is 21.4 Å². The van der Waals surface area contributed by atoms with E-state index in [0.717, 1.165) is 13.1 Å². The van der Waals surface area contributed by atoms with Gasteiger partial charge in [-0.1, -0.05) is 32.9 Å². The lowest BCUT2D eigenvalue weighted by atomic mass is 9.86. The zero-order valence-electron chi connectivity index (χ0n) is 12.2. The molecule has 0 amide bonds.